The van der Waals surface area contributed by atoms with Gasteiger partial charge in [-0.2, -0.15) is 0 Å². The van der Waals surface area contributed by atoms with E-state index in [2.05, 4.69) is 15.9 Å². The fourth-order valence-electron chi connectivity index (χ4n) is 1.65. The Balaban J connectivity index is 2.40. The van der Waals surface area contributed by atoms with E-state index in [1.54, 1.807) is 36.5 Å². The lowest BCUT2D eigenvalue weighted by atomic mass is 10.2. The zero-order valence-electron chi connectivity index (χ0n) is 9.69. The van der Waals surface area contributed by atoms with Crippen molar-refractivity contribution in [2.45, 2.75) is 6.54 Å². The van der Waals surface area contributed by atoms with E-state index in [1.807, 2.05) is 0 Å². The van der Waals surface area contributed by atoms with E-state index in [1.165, 1.54) is 11.7 Å². The van der Waals surface area contributed by atoms with Gasteiger partial charge in [-0.05, 0) is 34.1 Å². The van der Waals surface area contributed by atoms with E-state index in [9.17, 15) is 9.18 Å². The fraction of sp³-hybridized carbons (Fsp3) is 0.154. The van der Waals surface area contributed by atoms with Crippen LogP contribution in [0.1, 0.15) is 5.56 Å². The molecule has 94 valence electrons. The van der Waals surface area contributed by atoms with Gasteiger partial charge in [-0.15, -0.1) is 0 Å². The molecule has 0 aliphatic carbocycles. The normalized spacial score (nSPS) is 10.4. The van der Waals surface area contributed by atoms with Crippen molar-refractivity contribution in [3.63, 3.8) is 0 Å². The van der Waals surface area contributed by atoms with Crippen LogP contribution in [0.4, 0.5) is 4.39 Å². The number of benzene rings is 1. The van der Waals surface area contributed by atoms with Crippen LogP contribution in [0, 0.1) is 5.82 Å². The van der Waals surface area contributed by atoms with Crippen molar-refractivity contribution < 1.29 is 9.13 Å². The van der Waals surface area contributed by atoms with Crippen LogP contribution in [0.2, 0.25) is 0 Å². The van der Waals surface area contributed by atoms with E-state index in [4.69, 9.17) is 4.74 Å². The van der Waals surface area contributed by atoms with Crippen molar-refractivity contribution in [2.24, 2.45) is 0 Å². The molecule has 0 amide bonds. The average molecular weight is 312 g/mol. The molecule has 0 unspecified atom stereocenters. The van der Waals surface area contributed by atoms with Gasteiger partial charge in [-0.3, -0.25) is 4.79 Å². The molecule has 0 radical (unpaired) electrons. The molecule has 18 heavy (non-hydrogen) atoms. The summed E-state index contributed by atoms with van der Waals surface area (Å²) >= 11 is 3.15. The van der Waals surface area contributed by atoms with Crippen LogP contribution in [-0.4, -0.2) is 11.7 Å². The van der Waals surface area contributed by atoms with E-state index >= 15 is 0 Å². The second kappa shape index (κ2) is 5.35. The summed E-state index contributed by atoms with van der Waals surface area (Å²) in [5.74, 6) is -0.262. The van der Waals surface area contributed by atoms with Crippen LogP contribution in [0.5, 0.6) is 5.75 Å². The molecular formula is C13H11BrFNO2. The topological polar surface area (TPSA) is 31.2 Å². The summed E-state index contributed by atoms with van der Waals surface area (Å²) in [6.45, 7) is 0.168. The van der Waals surface area contributed by atoms with Gasteiger partial charge in [0.2, 0.25) is 0 Å². The number of halogens is 2. The SMILES string of the molecule is COc1cccc(Cn2cccc(Br)c2=O)c1F. The van der Waals surface area contributed by atoms with E-state index in [0.717, 1.165) is 0 Å². The molecule has 0 aliphatic heterocycles. The number of ether oxygens (including phenoxy) is 1. The molecule has 0 saturated carbocycles. The summed E-state index contributed by atoms with van der Waals surface area (Å²) in [5, 5.41) is 0. The van der Waals surface area contributed by atoms with Crippen LogP contribution < -0.4 is 10.3 Å². The molecular weight excluding hydrogens is 301 g/mol. The summed E-state index contributed by atoms with van der Waals surface area (Å²) in [6, 6.07) is 8.25. The third-order valence-electron chi connectivity index (χ3n) is 2.58. The van der Waals surface area contributed by atoms with Crippen molar-refractivity contribution in [3.8, 4) is 5.75 Å². The van der Waals surface area contributed by atoms with Gasteiger partial charge in [0.15, 0.2) is 11.6 Å². The highest BCUT2D eigenvalue weighted by Gasteiger charge is 2.09. The summed E-state index contributed by atoms with van der Waals surface area (Å²) in [7, 11) is 1.41. The van der Waals surface area contributed by atoms with Gasteiger partial charge in [-0.1, -0.05) is 12.1 Å². The van der Waals surface area contributed by atoms with Gasteiger partial charge < -0.3 is 9.30 Å². The van der Waals surface area contributed by atoms with Crippen LogP contribution in [0.3, 0.4) is 0 Å². The van der Waals surface area contributed by atoms with Crippen molar-refractivity contribution in [1.29, 1.82) is 0 Å². The molecule has 1 aromatic carbocycles. The molecule has 5 heteroatoms. The molecule has 1 heterocycles. The first kappa shape index (κ1) is 12.8. The quantitative estimate of drug-likeness (QED) is 0.873. The number of methoxy groups -OCH3 is 1. The number of pyridine rings is 1. The maximum Gasteiger partial charge on any atom is 0.265 e. The number of aromatic nitrogens is 1. The van der Waals surface area contributed by atoms with E-state index < -0.39 is 5.82 Å². The Morgan fingerprint density at radius 2 is 2.11 bits per heavy atom. The van der Waals surface area contributed by atoms with E-state index in [-0.39, 0.29) is 17.9 Å². The fourth-order valence-corrected chi connectivity index (χ4v) is 2.03. The number of hydrogen-bond acceptors (Lipinski definition) is 2. The molecule has 0 N–H and O–H groups in total. The number of nitrogens with zero attached hydrogens (tertiary/aromatic N) is 1. The number of hydrogen-bond donors (Lipinski definition) is 0. The van der Waals surface area contributed by atoms with Crippen LogP contribution in [0.15, 0.2) is 45.8 Å². The van der Waals surface area contributed by atoms with E-state index in [0.29, 0.717) is 10.0 Å². The Morgan fingerprint density at radius 1 is 1.33 bits per heavy atom. The molecule has 0 fully saturated rings. The molecule has 0 aliphatic rings. The third kappa shape index (κ3) is 2.46. The van der Waals surface area contributed by atoms with Gasteiger partial charge in [0.25, 0.3) is 5.56 Å². The molecule has 2 rings (SSSR count). The first-order chi connectivity index (χ1) is 8.63. The lowest BCUT2D eigenvalue weighted by Gasteiger charge is -2.09. The molecule has 1 aromatic heterocycles. The molecule has 0 spiro atoms. The van der Waals surface area contributed by atoms with Crippen LogP contribution >= 0.6 is 15.9 Å². The summed E-state index contributed by atoms with van der Waals surface area (Å²) in [6.07, 6.45) is 1.62. The highest BCUT2D eigenvalue weighted by atomic mass is 79.9. The first-order valence-electron chi connectivity index (χ1n) is 5.30. The van der Waals surface area contributed by atoms with Crippen LogP contribution in [-0.2, 0) is 6.54 Å². The molecule has 0 bridgehead atoms. The molecule has 0 atom stereocenters. The highest BCUT2D eigenvalue weighted by Crippen LogP contribution is 2.20. The largest absolute Gasteiger partial charge is 0.494 e. The van der Waals surface area contributed by atoms with Gasteiger partial charge >= 0.3 is 0 Å². The monoisotopic (exact) mass is 311 g/mol. The minimum absolute atomic E-state index is 0.168. The number of rotatable bonds is 3. The first-order valence-corrected chi connectivity index (χ1v) is 6.09. The lowest BCUT2D eigenvalue weighted by molar-refractivity contribution is 0.383. The summed E-state index contributed by atoms with van der Waals surface area (Å²) in [5.41, 5.74) is 0.217. The van der Waals surface area contributed by atoms with Crippen molar-refractivity contribution in [1.82, 2.24) is 4.57 Å². The predicted molar refractivity (Wildman–Crippen MR) is 70.5 cm³/mol. The van der Waals surface area contributed by atoms with Crippen molar-refractivity contribution in [3.05, 3.63) is 62.7 Å². The second-order valence-electron chi connectivity index (χ2n) is 3.72. The smallest absolute Gasteiger partial charge is 0.265 e. The Labute approximate surface area is 112 Å². The Bertz CT molecular complexity index is 625. The third-order valence-corrected chi connectivity index (χ3v) is 3.18. The lowest BCUT2D eigenvalue weighted by Crippen LogP contribution is -2.20. The van der Waals surface area contributed by atoms with Gasteiger partial charge in [0.05, 0.1) is 18.1 Å². The Morgan fingerprint density at radius 3 is 2.83 bits per heavy atom. The van der Waals surface area contributed by atoms with Crippen molar-refractivity contribution >= 4 is 15.9 Å². The van der Waals surface area contributed by atoms with Gasteiger partial charge in [-0.25, -0.2) is 4.39 Å². The minimum Gasteiger partial charge on any atom is -0.494 e. The second-order valence-corrected chi connectivity index (χ2v) is 4.58. The molecule has 3 nitrogen and oxygen atoms in total. The van der Waals surface area contributed by atoms with Gasteiger partial charge in [0, 0.05) is 11.8 Å². The Hall–Kier alpha value is -1.62. The maximum atomic E-state index is 13.9. The Kier molecular flexibility index (Phi) is 3.81. The summed E-state index contributed by atoms with van der Waals surface area (Å²) in [4.78, 5) is 11.8. The van der Waals surface area contributed by atoms with Crippen molar-refractivity contribution in [2.75, 3.05) is 7.11 Å². The predicted octanol–water partition coefficient (Wildman–Crippen LogP) is 2.81. The average Bonchev–Trinajstić information content (AvgIpc) is 2.37. The standard InChI is InChI=1S/C13H11BrFNO2/c1-18-11-6-2-4-9(12(11)15)8-16-7-3-5-10(14)13(16)17/h2-7H,8H2,1H3. The molecule has 0 saturated heterocycles. The van der Waals surface area contributed by atoms with Gasteiger partial charge in [0.1, 0.15) is 0 Å². The summed E-state index contributed by atoms with van der Waals surface area (Å²) < 4.78 is 20.7. The molecule has 2 aromatic rings. The zero-order chi connectivity index (χ0) is 13.1. The zero-order valence-corrected chi connectivity index (χ0v) is 11.3. The maximum absolute atomic E-state index is 13.9. The minimum atomic E-state index is -0.438. The van der Waals surface area contributed by atoms with Crippen LogP contribution in [0.25, 0.3) is 0 Å². The highest BCUT2D eigenvalue weighted by molar-refractivity contribution is 9.10.